The van der Waals surface area contributed by atoms with Gasteiger partial charge in [-0.05, 0) is 30.3 Å². The predicted molar refractivity (Wildman–Crippen MR) is 93.2 cm³/mol. The molecule has 3 rings (SSSR count). The van der Waals surface area contributed by atoms with Gasteiger partial charge < -0.3 is 5.32 Å². The van der Waals surface area contributed by atoms with E-state index in [9.17, 15) is 9.18 Å². The molecule has 4 nitrogen and oxygen atoms in total. The Labute approximate surface area is 143 Å². The molecule has 0 fully saturated rings. The highest BCUT2D eigenvalue weighted by atomic mass is 32.2. The summed E-state index contributed by atoms with van der Waals surface area (Å²) in [5, 5.41) is 11.6. The minimum atomic E-state index is -0.386. The monoisotopic (exact) mass is 339 g/mol. The number of nitrogens with one attached hydrogen (secondary N) is 1. The Hall–Kier alpha value is -2.73. The molecule has 3 aromatic rings. The van der Waals surface area contributed by atoms with Gasteiger partial charge in [0, 0.05) is 11.3 Å². The first-order valence-electron chi connectivity index (χ1n) is 7.28. The highest BCUT2D eigenvalue weighted by Gasteiger charge is 2.06. The molecule has 2 aromatic carbocycles. The number of anilines is 1. The number of halogens is 1. The summed E-state index contributed by atoms with van der Waals surface area (Å²) in [5.41, 5.74) is 2.21. The lowest BCUT2D eigenvalue weighted by atomic mass is 10.1. The molecule has 0 aliphatic heterocycles. The van der Waals surface area contributed by atoms with E-state index in [4.69, 9.17) is 0 Å². The van der Waals surface area contributed by atoms with Crippen LogP contribution in [0.2, 0.25) is 0 Å². The first-order chi connectivity index (χ1) is 11.7. The summed E-state index contributed by atoms with van der Waals surface area (Å²) in [6, 6.07) is 19.2. The van der Waals surface area contributed by atoms with E-state index < -0.39 is 0 Å². The van der Waals surface area contributed by atoms with Gasteiger partial charge in [-0.25, -0.2) is 4.39 Å². The molecular weight excluding hydrogens is 325 g/mol. The number of carbonyl (C=O) groups excluding carboxylic acids is 1. The summed E-state index contributed by atoms with van der Waals surface area (Å²) in [6.07, 6.45) is 0. The second-order valence-corrected chi connectivity index (χ2v) is 5.97. The van der Waals surface area contributed by atoms with Crippen molar-refractivity contribution in [2.75, 3.05) is 11.1 Å². The number of thioether (sulfide) groups is 1. The summed E-state index contributed by atoms with van der Waals surface area (Å²) in [5.74, 6) is -0.432. The van der Waals surface area contributed by atoms with E-state index in [1.165, 1.54) is 23.9 Å². The Morgan fingerprint density at radius 2 is 1.83 bits per heavy atom. The Bertz CT molecular complexity index is 825. The zero-order chi connectivity index (χ0) is 16.8. The quantitative estimate of drug-likeness (QED) is 0.714. The van der Waals surface area contributed by atoms with Crippen LogP contribution in [-0.2, 0) is 4.79 Å². The summed E-state index contributed by atoms with van der Waals surface area (Å²) in [4.78, 5) is 11.9. The van der Waals surface area contributed by atoms with Crippen LogP contribution < -0.4 is 5.32 Å². The predicted octanol–water partition coefficient (Wildman–Crippen LogP) is 4.01. The number of carbonyl (C=O) groups is 1. The first kappa shape index (κ1) is 16.1. The maximum Gasteiger partial charge on any atom is 0.234 e. The van der Waals surface area contributed by atoms with Crippen LogP contribution in [0.5, 0.6) is 0 Å². The van der Waals surface area contributed by atoms with E-state index in [-0.39, 0.29) is 17.5 Å². The fraction of sp³-hybridized carbons (Fsp3) is 0.0556. The fourth-order valence-corrected chi connectivity index (χ4v) is 2.68. The maximum absolute atomic E-state index is 13.1. The van der Waals surface area contributed by atoms with Crippen LogP contribution in [0.3, 0.4) is 0 Å². The smallest absolute Gasteiger partial charge is 0.234 e. The molecule has 0 saturated heterocycles. The molecule has 1 N–H and O–H groups in total. The van der Waals surface area contributed by atoms with Gasteiger partial charge in [-0.1, -0.05) is 48.2 Å². The number of benzene rings is 2. The van der Waals surface area contributed by atoms with E-state index in [0.717, 1.165) is 11.3 Å². The van der Waals surface area contributed by atoms with Gasteiger partial charge in [0.15, 0.2) is 0 Å². The summed E-state index contributed by atoms with van der Waals surface area (Å²) in [7, 11) is 0. The lowest BCUT2D eigenvalue weighted by Crippen LogP contribution is -2.14. The average molecular weight is 339 g/mol. The van der Waals surface area contributed by atoms with Crippen molar-refractivity contribution in [1.82, 2.24) is 10.2 Å². The van der Waals surface area contributed by atoms with Crippen molar-refractivity contribution in [2.45, 2.75) is 5.03 Å². The Morgan fingerprint density at radius 3 is 2.54 bits per heavy atom. The highest BCUT2D eigenvalue weighted by Crippen LogP contribution is 2.19. The number of rotatable bonds is 5. The van der Waals surface area contributed by atoms with Crippen LogP contribution in [-0.4, -0.2) is 21.9 Å². The van der Waals surface area contributed by atoms with E-state index in [0.29, 0.717) is 10.7 Å². The molecule has 0 aliphatic rings. The van der Waals surface area contributed by atoms with Gasteiger partial charge in [0.05, 0.1) is 11.4 Å². The third kappa shape index (κ3) is 4.39. The molecular formula is C18H14FN3OS. The number of hydrogen-bond donors (Lipinski definition) is 1. The molecule has 0 atom stereocenters. The summed E-state index contributed by atoms with van der Waals surface area (Å²) < 4.78 is 13.1. The largest absolute Gasteiger partial charge is 0.325 e. The van der Waals surface area contributed by atoms with E-state index in [1.807, 2.05) is 42.5 Å². The Morgan fingerprint density at radius 1 is 1.00 bits per heavy atom. The lowest BCUT2D eigenvalue weighted by Gasteiger charge is -2.05. The minimum Gasteiger partial charge on any atom is -0.325 e. The van der Waals surface area contributed by atoms with Crippen molar-refractivity contribution in [3.05, 3.63) is 72.5 Å². The summed E-state index contributed by atoms with van der Waals surface area (Å²) >= 11 is 1.28. The molecule has 0 bridgehead atoms. The third-order valence-electron chi connectivity index (χ3n) is 3.17. The zero-order valence-electron chi connectivity index (χ0n) is 12.6. The molecule has 24 heavy (non-hydrogen) atoms. The van der Waals surface area contributed by atoms with E-state index >= 15 is 0 Å². The lowest BCUT2D eigenvalue weighted by molar-refractivity contribution is -0.113. The van der Waals surface area contributed by atoms with Gasteiger partial charge in [0.2, 0.25) is 5.91 Å². The second kappa shape index (κ2) is 7.70. The van der Waals surface area contributed by atoms with Gasteiger partial charge in [-0.3, -0.25) is 4.79 Å². The van der Waals surface area contributed by atoms with Crippen LogP contribution >= 0.6 is 11.8 Å². The molecule has 1 aromatic heterocycles. The first-order valence-corrected chi connectivity index (χ1v) is 8.27. The van der Waals surface area contributed by atoms with Crippen LogP contribution in [0.25, 0.3) is 11.3 Å². The number of amides is 1. The van der Waals surface area contributed by atoms with Crippen molar-refractivity contribution in [3.63, 3.8) is 0 Å². The standard InChI is InChI=1S/C18H14FN3OS/c19-14-7-4-8-15(11-14)20-17(23)12-24-18-10-9-16(21-22-18)13-5-2-1-3-6-13/h1-11H,12H2,(H,20,23). The highest BCUT2D eigenvalue weighted by molar-refractivity contribution is 7.99. The molecule has 6 heteroatoms. The van der Waals surface area contributed by atoms with Crippen LogP contribution in [0.15, 0.2) is 71.8 Å². The normalized spacial score (nSPS) is 10.4. The van der Waals surface area contributed by atoms with Crippen molar-refractivity contribution in [1.29, 1.82) is 0 Å². The SMILES string of the molecule is O=C(CSc1ccc(-c2ccccc2)nn1)Nc1cccc(F)c1. The van der Waals surface area contributed by atoms with Crippen molar-refractivity contribution < 1.29 is 9.18 Å². The molecule has 1 amide bonds. The maximum atomic E-state index is 13.1. The van der Waals surface area contributed by atoms with Gasteiger partial charge in [-0.15, -0.1) is 10.2 Å². The van der Waals surface area contributed by atoms with Gasteiger partial charge in [-0.2, -0.15) is 0 Å². The Kier molecular flexibility index (Phi) is 5.18. The molecule has 1 heterocycles. The van der Waals surface area contributed by atoms with Crippen molar-refractivity contribution >= 4 is 23.4 Å². The Balaban J connectivity index is 1.56. The average Bonchev–Trinajstić information content (AvgIpc) is 2.61. The van der Waals surface area contributed by atoms with E-state index in [2.05, 4.69) is 15.5 Å². The number of hydrogen-bond acceptors (Lipinski definition) is 4. The van der Waals surface area contributed by atoms with Gasteiger partial charge in [0.25, 0.3) is 0 Å². The molecule has 0 saturated carbocycles. The molecule has 0 unspecified atom stereocenters. The number of aromatic nitrogens is 2. The van der Waals surface area contributed by atoms with Crippen molar-refractivity contribution in [2.24, 2.45) is 0 Å². The van der Waals surface area contributed by atoms with Crippen molar-refractivity contribution in [3.8, 4) is 11.3 Å². The van der Waals surface area contributed by atoms with Gasteiger partial charge in [0.1, 0.15) is 10.8 Å². The van der Waals surface area contributed by atoms with Crippen LogP contribution in [0.1, 0.15) is 0 Å². The second-order valence-electron chi connectivity index (χ2n) is 4.97. The molecule has 0 radical (unpaired) electrons. The van der Waals surface area contributed by atoms with E-state index in [1.54, 1.807) is 12.1 Å². The minimum absolute atomic E-state index is 0.176. The van der Waals surface area contributed by atoms with Crippen LogP contribution in [0.4, 0.5) is 10.1 Å². The fourth-order valence-electron chi connectivity index (χ4n) is 2.06. The summed E-state index contributed by atoms with van der Waals surface area (Å²) in [6.45, 7) is 0. The molecule has 120 valence electrons. The molecule has 0 spiro atoms. The number of nitrogens with zero attached hydrogens (tertiary/aromatic N) is 2. The third-order valence-corrected chi connectivity index (χ3v) is 4.09. The molecule has 0 aliphatic carbocycles. The van der Waals surface area contributed by atoms with Gasteiger partial charge >= 0.3 is 0 Å². The topological polar surface area (TPSA) is 54.9 Å². The zero-order valence-corrected chi connectivity index (χ0v) is 13.5. The van der Waals surface area contributed by atoms with Crippen LogP contribution in [0, 0.1) is 5.82 Å².